The van der Waals surface area contributed by atoms with Crippen molar-refractivity contribution in [3.8, 4) is 23.0 Å². The van der Waals surface area contributed by atoms with Crippen molar-refractivity contribution in [3.05, 3.63) is 371 Å². The molecule has 19 nitrogen and oxygen atoms in total. The molecule has 7 aromatic heterocycles. The van der Waals surface area contributed by atoms with Gasteiger partial charge in [-0.05, 0) is 146 Å². The first-order valence-corrected chi connectivity index (χ1v) is 35.6. The average Bonchev–Trinajstić information content (AvgIpc) is 1.03. The maximum Gasteiger partial charge on any atom is 0.293 e. The van der Waals surface area contributed by atoms with Gasteiger partial charge in [-0.25, -0.2) is 4.98 Å². The van der Waals surface area contributed by atoms with Gasteiger partial charge in [0.2, 0.25) is 0 Å². The van der Waals surface area contributed by atoms with Crippen LogP contribution in [0, 0.1) is 5.92 Å². The Hall–Kier alpha value is -11.5. The lowest BCUT2D eigenvalue weighted by Crippen LogP contribution is -2.33. The number of nitrogens with zero attached hydrogens (tertiary/aromatic N) is 9. The molecule has 0 atom stereocenters. The van der Waals surface area contributed by atoms with Crippen molar-refractivity contribution in [2.45, 2.75) is 117 Å². The van der Waals surface area contributed by atoms with E-state index >= 15 is 0 Å². The second kappa shape index (κ2) is 40.2. The molecular formula is C85H93N11O8. The van der Waals surface area contributed by atoms with E-state index in [0.29, 0.717) is 63.4 Å². The Morgan fingerprint density at radius 1 is 0.365 bits per heavy atom. The standard InChI is InChI=1S/C27H32N2O2.C20H21N3O2.C19H21N3O2.C19H19N3O2/c30-26-25(16-19-29(27(26)31)21-24-10-5-2-6-11-24)13-7-12-22-14-17-28(18-15-22)20-23-8-3-1-4-9-23;24-19-17(14-21-12-9-18-8-4-5-11-22-18)10-13-23(20(19)25)15-16-6-2-1-3-7-16;23-18-17(8-4-5-11-21-13-10-20-15-21)9-12-22(19(18)24)14-16-6-2-1-3-7-16;23-18-17(13-21-12-15-6-9-20-10-7-15)8-11-22(19(18)24)14-16-4-2-1-3-5-16/h1-6,8-11,16,19,22,30H,7,12-15,17-18,20-21H2;1-8,10-11,13,21,24H,9,12,14-15H2;1-3,6-7,9-10,12-13,15,23H,4-5,8,11,14H2;1-11,21,23H,12-14H2. The van der Waals surface area contributed by atoms with Gasteiger partial charge in [0.05, 0.1) is 32.5 Å². The number of aromatic nitrogens is 8. The predicted molar refractivity (Wildman–Crippen MR) is 409 cm³/mol. The highest BCUT2D eigenvalue weighted by molar-refractivity contribution is 5.34. The first-order chi connectivity index (χ1) is 50.9. The zero-order chi connectivity index (χ0) is 72.5. The number of aryl methyl sites for hydroxylation is 3. The molecule has 1 saturated heterocycles. The molecule has 0 unspecified atom stereocenters. The van der Waals surface area contributed by atoms with Gasteiger partial charge >= 0.3 is 0 Å². The number of piperidine rings is 1. The number of pyridine rings is 6. The smallest absolute Gasteiger partial charge is 0.293 e. The minimum Gasteiger partial charge on any atom is -0.503 e. The second-order valence-electron chi connectivity index (χ2n) is 26.0. The molecule has 19 heteroatoms. The molecule has 8 heterocycles. The fourth-order valence-electron chi connectivity index (χ4n) is 12.4. The van der Waals surface area contributed by atoms with E-state index in [9.17, 15) is 39.6 Å². The van der Waals surface area contributed by atoms with Crippen LogP contribution in [0.1, 0.15) is 99.9 Å². The van der Waals surface area contributed by atoms with Crippen LogP contribution in [0.3, 0.4) is 0 Å². The van der Waals surface area contributed by atoms with E-state index in [1.165, 1.54) is 27.5 Å². The topological polar surface area (TPSA) is 240 Å². The predicted octanol–water partition coefficient (Wildman–Crippen LogP) is 12.3. The summed E-state index contributed by atoms with van der Waals surface area (Å²) in [6, 6.07) is 66.7. The molecule has 12 aromatic rings. The minimum absolute atomic E-state index is 0.0869. The Balaban J connectivity index is 0.000000150. The van der Waals surface area contributed by atoms with Gasteiger partial charge in [0.15, 0.2) is 23.0 Å². The summed E-state index contributed by atoms with van der Waals surface area (Å²) in [5.41, 5.74) is 8.95. The summed E-state index contributed by atoms with van der Waals surface area (Å²) in [6.45, 7) is 8.32. The van der Waals surface area contributed by atoms with Crippen LogP contribution in [-0.4, -0.2) is 82.7 Å². The number of aromatic hydroxyl groups is 4. The molecule has 104 heavy (non-hydrogen) atoms. The van der Waals surface area contributed by atoms with E-state index < -0.39 is 0 Å². The molecule has 0 bridgehead atoms. The van der Waals surface area contributed by atoms with E-state index in [1.807, 2.05) is 181 Å². The van der Waals surface area contributed by atoms with Crippen molar-refractivity contribution in [2.75, 3.05) is 19.6 Å². The lowest BCUT2D eigenvalue weighted by molar-refractivity contribution is 0.171. The van der Waals surface area contributed by atoms with Gasteiger partial charge < -0.3 is 53.9 Å². The first kappa shape index (κ1) is 75.2. The molecule has 0 saturated carbocycles. The zero-order valence-electron chi connectivity index (χ0n) is 58.8. The molecule has 0 amide bonds. The molecule has 6 N–H and O–H groups in total. The monoisotopic (exact) mass is 1400 g/mol. The van der Waals surface area contributed by atoms with Gasteiger partial charge in [0.1, 0.15) is 0 Å². The van der Waals surface area contributed by atoms with Crippen LogP contribution in [0.25, 0.3) is 0 Å². The Morgan fingerprint density at radius 3 is 1.21 bits per heavy atom. The molecule has 13 rings (SSSR count). The quantitative estimate of drug-likeness (QED) is 0.0250. The third-order valence-electron chi connectivity index (χ3n) is 18.4. The highest BCUT2D eigenvalue weighted by Crippen LogP contribution is 2.26. The third-order valence-corrected chi connectivity index (χ3v) is 18.4. The normalized spacial score (nSPS) is 12.1. The van der Waals surface area contributed by atoms with Crippen LogP contribution >= 0.6 is 0 Å². The molecule has 5 aromatic carbocycles. The highest BCUT2D eigenvalue weighted by Gasteiger charge is 2.20. The number of nitrogens with one attached hydrogen (secondary N) is 2. The van der Waals surface area contributed by atoms with Gasteiger partial charge in [-0.1, -0.05) is 164 Å². The summed E-state index contributed by atoms with van der Waals surface area (Å²) >= 11 is 0. The van der Waals surface area contributed by atoms with E-state index in [0.717, 1.165) is 122 Å². The van der Waals surface area contributed by atoms with Crippen molar-refractivity contribution in [3.63, 3.8) is 0 Å². The van der Waals surface area contributed by atoms with Crippen LogP contribution in [0.4, 0.5) is 0 Å². The minimum atomic E-state index is -0.373. The van der Waals surface area contributed by atoms with Gasteiger partial charge in [-0.15, -0.1) is 0 Å². The lowest BCUT2D eigenvalue weighted by atomic mass is 9.90. The van der Waals surface area contributed by atoms with Gasteiger partial charge in [-0.3, -0.25) is 34.0 Å². The number of rotatable bonds is 28. The van der Waals surface area contributed by atoms with Crippen molar-refractivity contribution in [1.29, 1.82) is 0 Å². The maximum absolute atomic E-state index is 12.6. The number of imidazole rings is 1. The molecule has 536 valence electrons. The van der Waals surface area contributed by atoms with Crippen LogP contribution in [0.2, 0.25) is 0 Å². The first-order valence-electron chi connectivity index (χ1n) is 35.6. The Morgan fingerprint density at radius 2 is 0.779 bits per heavy atom. The third kappa shape index (κ3) is 23.5. The van der Waals surface area contributed by atoms with Crippen LogP contribution in [-0.2, 0) is 78.2 Å². The van der Waals surface area contributed by atoms with E-state index in [2.05, 4.69) is 60.8 Å². The molecular weight excluding hydrogens is 1300 g/mol. The summed E-state index contributed by atoms with van der Waals surface area (Å²) in [4.78, 5) is 64.3. The SMILES string of the molecule is O=c1c(O)c(CCCC2CCN(Cc3ccccc3)CC2)ccn1Cc1ccccc1.O=c1c(O)c(CCCCn2ccnc2)ccn1Cc1ccccc1.O=c1c(O)c(CNCCc2ccccn2)ccn1Cc1ccccc1.O=c1c(O)c(CNCc2ccncc2)ccn1Cc1ccccc1. The average molecular weight is 1400 g/mol. The van der Waals surface area contributed by atoms with E-state index in [1.54, 1.807) is 71.0 Å². The summed E-state index contributed by atoms with van der Waals surface area (Å²) in [7, 11) is 0. The molecule has 1 aliphatic rings. The van der Waals surface area contributed by atoms with Crippen molar-refractivity contribution < 1.29 is 20.4 Å². The zero-order valence-corrected chi connectivity index (χ0v) is 58.8. The van der Waals surface area contributed by atoms with Crippen molar-refractivity contribution >= 4 is 0 Å². The summed E-state index contributed by atoms with van der Waals surface area (Å²) in [6.07, 6.45) is 26.5. The Labute approximate surface area is 607 Å². The summed E-state index contributed by atoms with van der Waals surface area (Å²) < 4.78 is 8.17. The van der Waals surface area contributed by atoms with Crippen LogP contribution in [0.5, 0.6) is 23.0 Å². The number of unbranched alkanes of at least 4 members (excludes halogenated alkanes) is 1. The maximum atomic E-state index is 12.6. The molecule has 1 fully saturated rings. The Kier molecular flexibility index (Phi) is 29.1. The largest absolute Gasteiger partial charge is 0.503 e. The van der Waals surface area contributed by atoms with Crippen LogP contribution in [0.15, 0.2) is 288 Å². The van der Waals surface area contributed by atoms with Crippen LogP contribution < -0.4 is 32.9 Å². The fraction of sp³-hybridized carbons (Fsp3) is 0.259. The number of hydrogen-bond donors (Lipinski definition) is 6. The van der Waals surface area contributed by atoms with Gasteiger partial charge in [0, 0.05) is 129 Å². The molecule has 0 radical (unpaired) electrons. The second-order valence-corrected chi connectivity index (χ2v) is 26.0. The Bertz CT molecular complexity index is 4750. The van der Waals surface area contributed by atoms with E-state index in [4.69, 9.17) is 0 Å². The van der Waals surface area contributed by atoms with Crippen molar-refractivity contribution in [1.82, 2.24) is 53.3 Å². The fourth-order valence-corrected chi connectivity index (χ4v) is 12.4. The van der Waals surface area contributed by atoms with Gasteiger partial charge in [-0.2, -0.15) is 0 Å². The summed E-state index contributed by atoms with van der Waals surface area (Å²) in [5, 5.41) is 47.4. The number of hydrogen-bond acceptors (Lipinski definition) is 14. The lowest BCUT2D eigenvalue weighted by Gasteiger charge is -2.32. The molecule has 1 aliphatic heterocycles. The number of benzene rings is 5. The molecule has 0 aliphatic carbocycles. The number of likely N-dealkylation sites (tertiary alicyclic amines) is 1. The highest BCUT2D eigenvalue weighted by atomic mass is 16.3. The summed E-state index contributed by atoms with van der Waals surface area (Å²) in [5.74, 6) is 0.138. The van der Waals surface area contributed by atoms with E-state index in [-0.39, 0.29) is 45.2 Å². The van der Waals surface area contributed by atoms with Gasteiger partial charge in [0.25, 0.3) is 22.2 Å². The van der Waals surface area contributed by atoms with Crippen molar-refractivity contribution in [2.24, 2.45) is 5.92 Å². The molecule has 0 spiro atoms.